The summed E-state index contributed by atoms with van der Waals surface area (Å²) in [5, 5.41) is 9.20. The number of carbonyl (C=O) groups excluding carboxylic acids is 1. The van der Waals surface area contributed by atoms with E-state index in [1.807, 2.05) is 11.0 Å². The van der Waals surface area contributed by atoms with E-state index >= 15 is 0 Å². The molecule has 0 spiro atoms. The summed E-state index contributed by atoms with van der Waals surface area (Å²) in [6.45, 7) is 6.67. The molecule has 2 aromatic rings. The van der Waals surface area contributed by atoms with Crippen LogP contribution in [0.25, 0.3) is 0 Å². The molecule has 0 aliphatic carbocycles. The van der Waals surface area contributed by atoms with Crippen LogP contribution in [0, 0.1) is 25.2 Å². The Bertz CT molecular complexity index is 833. The van der Waals surface area contributed by atoms with Crippen LogP contribution in [-0.4, -0.2) is 23.5 Å². The van der Waals surface area contributed by atoms with Crippen molar-refractivity contribution in [2.24, 2.45) is 0 Å². The molecule has 134 valence electrons. The third-order valence-electron chi connectivity index (χ3n) is 4.82. The van der Waals surface area contributed by atoms with E-state index in [2.05, 4.69) is 38.1 Å². The third kappa shape index (κ3) is 3.72. The van der Waals surface area contributed by atoms with Gasteiger partial charge in [0.1, 0.15) is 11.8 Å². The highest BCUT2D eigenvalue weighted by atomic mass is 16.5. The Hall–Kier alpha value is -2.80. The maximum Gasteiger partial charge on any atom is 0.263 e. The molecule has 0 bridgehead atoms. The number of likely N-dealkylation sites (tertiary alicyclic amines) is 1. The number of para-hydroxylation sites is 1. The number of ether oxygens (including phenoxy) is 1. The molecule has 1 fully saturated rings. The van der Waals surface area contributed by atoms with Gasteiger partial charge in [0, 0.05) is 6.54 Å². The minimum Gasteiger partial charge on any atom is -0.480 e. The molecule has 1 aliphatic rings. The van der Waals surface area contributed by atoms with Gasteiger partial charge in [0.2, 0.25) is 0 Å². The van der Waals surface area contributed by atoms with E-state index in [4.69, 9.17) is 4.74 Å². The minimum absolute atomic E-state index is 0.0283. The van der Waals surface area contributed by atoms with Gasteiger partial charge in [-0.25, -0.2) is 0 Å². The van der Waals surface area contributed by atoms with Crippen LogP contribution in [0.2, 0.25) is 0 Å². The lowest BCUT2D eigenvalue weighted by atomic mass is 9.99. The van der Waals surface area contributed by atoms with Crippen molar-refractivity contribution in [3.63, 3.8) is 0 Å². The highest BCUT2D eigenvalue weighted by Gasteiger charge is 2.33. The molecule has 4 nitrogen and oxygen atoms in total. The first-order chi connectivity index (χ1) is 12.5. The standard InChI is InChI=1S/C22H24N2O2/c1-15-11-16(2)13-19(12-15)20-8-6-10-24(20)22(25)17(3)26-21-9-5-4-7-18(21)14-23/h4-5,7,9,11-13,17,20H,6,8,10H2,1-3H3. The Morgan fingerprint density at radius 1 is 1.23 bits per heavy atom. The van der Waals surface area contributed by atoms with Crippen LogP contribution < -0.4 is 4.74 Å². The van der Waals surface area contributed by atoms with E-state index in [1.165, 1.54) is 16.7 Å². The molecule has 0 saturated carbocycles. The largest absolute Gasteiger partial charge is 0.480 e. The summed E-state index contributed by atoms with van der Waals surface area (Å²) in [6.07, 6.45) is 1.33. The van der Waals surface area contributed by atoms with E-state index in [0.717, 1.165) is 19.4 Å². The van der Waals surface area contributed by atoms with E-state index in [1.54, 1.807) is 25.1 Å². The van der Waals surface area contributed by atoms with Gasteiger partial charge in [0.25, 0.3) is 5.91 Å². The fourth-order valence-corrected chi connectivity index (χ4v) is 3.72. The smallest absolute Gasteiger partial charge is 0.263 e. The quantitative estimate of drug-likeness (QED) is 0.827. The van der Waals surface area contributed by atoms with Crippen molar-refractivity contribution in [2.45, 2.75) is 45.8 Å². The summed E-state index contributed by atoms with van der Waals surface area (Å²) in [6, 6.07) is 15.7. The molecular formula is C22H24N2O2. The van der Waals surface area contributed by atoms with Gasteiger partial charge in [0.15, 0.2) is 6.10 Å². The van der Waals surface area contributed by atoms with Crippen molar-refractivity contribution >= 4 is 5.91 Å². The number of carbonyl (C=O) groups is 1. The summed E-state index contributed by atoms with van der Waals surface area (Å²) < 4.78 is 5.83. The van der Waals surface area contributed by atoms with Gasteiger partial charge in [-0.05, 0) is 51.3 Å². The molecule has 1 heterocycles. The summed E-state index contributed by atoms with van der Waals surface area (Å²) in [5.74, 6) is 0.428. The molecule has 3 rings (SSSR count). The molecule has 1 aliphatic heterocycles. The maximum absolute atomic E-state index is 13.0. The van der Waals surface area contributed by atoms with Crippen LogP contribution in [0.15, 0.2) is 42.5 Å². The van der Waals surface area contributed by atoms with Crippen LogP contribution in [0.4, 0.5) is 0 Å². The van der Waals surface area contributed by atoms with Crippen LogP contribution in [0.5, 0.6) is 5.75 Å². The summed E-state index contributed by atoms with van der Waals surface area (Å²) in [4.78, 5) is 14.9. The van der Waals surface area contributed by atoms with Crippen molar-refractivity contribution in [2.75, 3.05) is 6.54 Å². The fourth-order valence-electron chi connectivity index (χ4n) is 3.72. The van der Waals surface area contributed by atoms with Crippen molar-refractivity contribution < 1.29 is 9.53 Å². The first kappa shape index (κ1) is 18.0. The number of amides is 1. The van der Waals surface area contributed by atoms with E-state index in [-0.39, 0.29) is 11.9 Å². The Labute approximate surface area is 155 Å². The van der Waals surface area contributed by atoms with Crippen molar-refractivity contribution in [3.05, 3.63) is 64.7 Å². The molecule has 1 saturated heterocycles. The first-order valence-corrected chi connectivity index (χ1v) is 9.04. The van der Waals surface area contributed by atoms with Crippen LogP contribution in [0.1, 0.15) is 48.1 Å². The maximum atomic E-state index is 13.0. The number of nitrogens with zero attached hydrogens (tertiary/aromatic N) is 2. The predicted molar refractivity (Wildman–Crippen MR) is 101 cm³/mol. The second-order valence-electron chi connectivity index (χ2n) is 6.98. The number of rotatable bonds is 4. The summed E-state index contributed by atoms with van der Waals surface area (Å²) >= 11 is 0. The number of benzene rings is 2. The first-order valence-electron chi connectivity index (χ1n) is 9.04. The zero-order valence-corrected chi connectivity index (χ0v) is 15.5. The third-order valence-corrected chi connectivity index (χ3v) is 4.82. The van der Waals surface area contributed by atoms with Gasteiger partial charge < -0.3 is 9.64 Å². The van der Waals surface area contributed by atoms with Gasteiger partial charge in [-0.2, -0.15) is 5.26 Å². The normalized spacial score (nSPS) is 17.6. The average molecular weight is 348 g/mol. The summed E-state index contributed by atoms with van der Waals surface area (Å²) in [5.41, 5.74) is 4.07. The van der Waals surface area contributed by atoms with Crippen molar-refractivity contribution in [1.82, 2.24) is 4.90 Å². The molecule has 0 radical (unpaired) electrons. The molecule has 26 heavy (non-hydrogen) atoms. The van der Waals surface area contributed by atoms with E-state index in [0.29, 0.717) is 11.3 Å². The van der Waals surface area contributed by atoms with Crippen molar-refractivity contribution in [1.29, 1.82) is 5.26 Å². The lowest BCUT2D eigenvalue weighted by Gasteiger charge is -2.28. The van der Waals surface area contributed by atoms with Crippen LogP contribution >= 0.6 is 0 Å². The molecule has 2 aromatic carbocycles. The number of hydrogen-bond acceptors (Lipinski definition) is 3. The number of hydrogen-bond donors (Lipinski definition) is 0. The zero-order valence-electron chi connectivity index (χ0n) is 15.5. The summed E-state index contributed by atoms with van der Waals surface area (Å²) in [7, 11) is 0. The minimum atomic E-state index is -0.629. The highest BCUT2D eigenvalue weighted by molar-refractivity contribution is 5.81. The van der Waals surface area contributed by atoms with Gasteiger partial charge in [-0.15, -0.1) is 0 Å². The fraction of sp³-hybridized carbons (Fsp3) is 0.364. The lowest BCUT2D eigenvalue weighted by molar-refractivity contribution is -0.138. The zero-order chi connectivity index (χ0) is 18.7. The Morgan fingerprint density at radius 2 is 1.92 bits per heavy atom. The molecule has 0 N–H and O–H groups in total. The lowest BCUT2D eigenvalue weighted by Crippen LogP contribution is -2.40. The molecule has 0 aromatic heterocycles. The van der Waals surface area contributed by atoms with Gasteiger partial charge in [-0.1, -0.05) is 41.5 Å². The number of nitriles is 1. The van der Waals surface area contributed by atoms with Gasteiger partial charge in [0.05, 0.1) is 11.6 Å². The highest BCUT2D eigenvalue weighted by Crippen LogP contribution is 2.34. The average Bonchev–Trinajstić information content (AvgIpc) is 3.10. The molecule has 1 amide bonds. The van der Waals surface area contributed by atoms with Crippen LogP contribution in [-0.2, 0) is 4.79 Å². The van der Waals surface area contributed by atoms with E-state index < -0.39 is 6.10 Å². The molecule has 4 heteroatoms. The second-order valence-corrected chi connectivity index (χ2v) is 6.98. The topological polar surface area (TPSA) is 53.3 Å². The molecule has 2 unspecified atom stereocenters. The van der Waals surface area contributed by atoms with Crippen LogP contribution in [0.3, 0.4) is 0 Å². The van der Waals surface area contributed by atoms with Gasteiger partial charge >= 0.3 is 0 Å². The molecular weight excluding hydrogens is 324 g/mol. The SMILES string of the molecule is Cc1cc(C)cc(C2CCCN2C(=O)C(C)Oc2ccccc2C#N)c1. The monoisotopic (exact) mass is 348 g/mol. The number of aryl methyl sites for hydroxylation is 2. The molecule has 2 atom stereocenters. The Kier molecular flexibility index (Phi) is 5.27. The van der Waals surface area contributed by atoms with Gasteiger partial charge in [-0.3, -0.25) is 4.79 Å². The predicted octanol–water partition coefficient (Wildman–Crippen LogP) is 4.31. The van der Waals surface area contributed by atoms with Crippen molar-refractivity contribution in [3.8, 4) is 11.8 Å². The van der Waals surface area contributed by atoms with E-state index in [9.17, 15) is 10.1 Å². The second kappa shape index (κ2) is 7.61. The Morgan fingerprint density at radius 3 is 2.62 bits per heavy atom. The Balaban J connectivity index is 1.78.